The lowest BCUT2D eigenvalue weighted by atomic mass is 10.0. The number of aromatic nitrogens is 2. The first-order valence-corrected chi connectivity index (χ1v) is 12.8. The second kappa shape index (κ2) is 9.67. The molecule has 9 heteroatoms. The van der Waals surface area contributed by atoms with Gasteiger partial charge < -0.3 is 15.5 Å². The van der Waals surface area contributed by atoms with Gasteiger partial charge in [-0.3, -0.25) is 9.69 Å². The molecule has 0 saturated heterocycles. The van der Waals surface area contributed by atoms with Gasteiger partial charge in [0.05, 0.1) is 15.7 Å². The normalized spacial score (nSPS) is 16.8. The van der Waals surface area contributed by atoms with Crippen LogP contribution in [0.4, 0.5) is 23.1 Å². The van der Waals surface area contributed by atoms with Crippen LogP contribution >= 0.6 is 23.2 Å². The van der Waals surface area contributed by atoms with E-state index in [-0.39, 0.29) is 5.91 Å². The maximum Gasteiger partial charge on any atom is 0.265 e. The van der Waals surface area contributed by atoms with E-state index in [1.165, 1.54) is 11.1 Å². The van der Waals surface area contributed by atoms with Crippen LogP contribution in [-0.4, -0.2) is 29.5 Å². The second-order valence-corrected chi connectivity index (χ2v) is 9.92. The molecule has 0 fully saturated rings. The molecule has 1 amide bonds. The predicted molar refractivity (Wildman–Crippen MR) is 148 cm³/mol. The van der Waals surface area contributed by atoms with E-state index < -0.39 is 6.17 Å². The van der Waals surface area contributed by atoms with Gasteiger partial charge in [0, 0.05) is 25.5 Å². The summed E-state index contributed by atoms with van der Waals surface area (Å²) < 4.78 is 0. The molecule has 1 unspecified atom stereocenters. The van der Waals surface area contributed by atoms with Crippen LogP contribution in [0.3, 0.4) is 0 Å². The Labute approximate surface area is 225 Å². The van der Waals surface area contributed by atoms with Crippen LogP contribution < -0.4 is 20.4 Å². The molecule has 3 aromatic carbocycles. The highest BCUT2D eigenvalue weighted by Crippen LogP contribution is 2.44. The molecule has 3 heterocycles. The largest absolute Gasteiger partial charge is 0.334 e. The number of anilines is 4. The quantitative estimate of drug-likeness (QED) is 0.338. The van der Waals surface area contributed by atoms with Crippen molar-refractivity contribution < 1.29 is 4.79 Å². The van der Waals surface area contributed by atoms with Crippen molar-refractivity contribution >= 4 is 52.3 Å². The highest BCUT2D eigenvalue weighted by molar-refractivity contribution is 6.40. The predicted octanol–water partition coefficient (Wildman–Crippen LogP) is 5.97. The number of nitrogens with one attached hydrogen (secondary N) is 2. The van der Waals surface area contributed by atoms with Crippen molar-refractivity contribution in [1.82, 2.24) is 15.3 Å². The monoisotopic (exact) mass is 530 g/mol. The number of hydrogen-bond donors (Lipinski definition) is 2. The lowest BCUT2D eigenvalue weighted by Crippen LogP contribution is -2.49. The molecule has 6 rings (SSSR count). The lowest BCUT2D eigenvalue weighted by Gasteiger charge is -2.43. The third-order valence-corrected chi connectivity index (χ3v) is 7.40. The first kappa shape index (κ1) is 23.7. The Hall–Kier alpha value is -3.65. The van der Waals surface area contributed by atoms with Crippen LogP contribution in [0.1, 0.15) is 33.2 Å². The Balaban J connectivity index is 1.42. The van der Waals surface area contributed by atoms with Crippen LogP contribution in [-0.2, 0) is 13.0 Å². The summed E-state index contributed by atoms with van der Waals surface area (Å²) in [5.41, 5.74) is 5.23. The smallest absolute Gasteiger partial charge is 0.265 e. The second-order valence-electron chi connectivity index (χ2n) is 9.11. The maximum absolute atomic E-state index is 14.0. The number of nitrogens with zero attached hydrogens (tertiary/aromatic N) is 4. The number of hydrogen-bond acceptors (Lipinski definition) is 6. The number of carbonyl (C=O) groups is 1. The summed E-state index contributed by atoms with van der Waals surface area (Å²) in [6.07, 6.45) is 2.06. The number of fused-ring (bicyclic) bond motifs is 2. The standard InChI is InChI=1S/C28H24Cl2N6O/c1-35-25-21(16-32-28(34-25)33-20-11-10-17-12-13-31-15-19(17)14-20)27(37)36(24-22(29)8-5-9-23(24)30)26(35)18-6-3-2-4-7-18/h2-11,14,16,26,31H,12-13,15H2,1H3,(H,32,33,34). The van der Waals surface area contributed by atoms with Gasteiger partial charge in [0.2, 0.25) is 5.95 Å². The molecule has 0 aliphatic carbocycles. The molecule has 37 heavy (non-hydrogen) atoms. The van der Waals surface area contributed by atoms with Crippen LogP contribution in [0.25, 0.3) is 0 Å². The first-order valence-electron chi connectivity index (χ1n) is 12.0. The van der Waals surface area contributed by atoms with Gasteiger partial charge in [0.1, 0.15) is 17.5 Å². The molecule has 0 radical (unpaired) electrons. The van der Waals surface area contributed by atoms with E-state index in [0.717, 1.165) is 30.8 Å². The van der Waals surface area contributed by atoms with Gasteiger partial charge in [-0.25, -0.2) is 4.98 Å². The van der Waals surface area contributed by atoms with Crippen molar-refractivity contribution in [3.05, 3.63) is 105 Å². The molecule has 4 aromatic rings. The molecule has 7 nitrogen and oxygen atoms in total. The molecular weight excluding hydrogens is 507 g/mol. The van der Waals surface area contributed by atoms with Crippen LogP contribution in [0.5, 0.6) is 0 Å². The zero-order valence-corrected chi connectivity index (χ0v) is 21.6. The van der Waals surface area contributed by atoms with E-state index >= 15 is 0 Å². The van der Waals surface area contributed by atoms with Gasteiger partial charge in [-0.2, -0.15) is 4.98 Å². The molecular formula is C28H24Cl2N6O. The summed E-state index contributed by atoms with van der Waals surface area (Å²) in [6, 6.07) is 21.3. The van der Waals surface area contributed by atoms with E-state index in [1.807, 2.05) is 48.3 Å². The molecule has 2 aliphatic heterocycles. The average Bonchev–Trinajstić information content (AvgIpc) is 2.92. The van der Waals surface area contributed by atoms with Crippen LogP contribution in [0.2, 0.25) is 10.0 Å². The van der Waals surface area contributed by atoms with Crippen molar-refractivity contribution in [3.8, 4) is 0 Å². The Morgan fingerprint density at radius 1 is 1.00 bits per heavy atom. The minimum atomic E-state index is -0.517. The average molecular weight is 531 g/mol. The zero-order valence-electron chi connectivity index (χ0n) is 20.1. The van der Waals surface area contributed by atoms with Crippen molar-refractivity contribution in [2.75, 3.05) is 28.7 Å². The fraction of sp³-hybridized carbons (Fsp3) is 0.179. The van der Waals surface area contributed by atoms with E-state index in [4.69, 9.17) is 28.2 Å². The zero-order chi connectivity index (χ0) is 25.5. The summed E-state index contributed by atoms with van der Waals surface area (Å²) in [6.45, 7) is 1.83. The van der Waals surface area contributed by atoms with Gasteiger partial charge >= 0.3 is 0 Å². The number of halogens is 2. The third-order valence-electron chi connectivity index (χ3n) is 6.79. The summed E-state index contributed by atoms with van der Waals surface area (Å²) in [5, 5.41) is 7.49. The topological polar surface area (TPSA) is 73.4 Å². The Bertz CT molecular complexity index is 1480. The van der Waals surface area contributed by atoms with Gasteiger partial charge in [-0.1, -0.05) is 65.7 Å². The molecule has 2 N–H and O–H groups in total. The highest BCUT2D eigenvalue weighted by atomic mass is 35.5. The van der Waals surface area contributed by atoms with E-state index in [2.05, 4.69) is 27.8 Å². The van der Waals surface area contributed by atoms with Crippen molar-refractivity contribution in [3.63, 3.8) is 0 Å². The first-order chi connectivity index (χ1) is 18.0. The van der Waals surface area contributed by atoms with E-state index in [1.54, 1.807) is 29.3 Å². The highest BCUT2D eigenvalue weighted by Gasteiger charge is 2.41. The molecule has 186 valence electrons. The van der Waals surface area contributed by atoms with Gasteiger partial charge in [-0.15, -0.1) is 0 Å². The van der Waals surface area contributed by atoms with Crippen molar-refractivity contribution in [2.24, 2.45) is 0 Å². The van der Waals surface area contributed by atoms with Crippen LogP contribution in [0, 0.1) is 0 Å². The number of carbonyl (C=O) groups excluding carboxylic acids is 1. The summed E-state index contributed by atoms with van der Waals surface area (Å²) in [5.74, 6) is 0.664. The summed E-state index contributed by atoms with van der Waals surface area (Å²) >= 11 is 13.2. The number of benzene rings is 3. The maximum atomic E-state index is 14.0. The fourth-order valence-electron chi connectivity index (χ4n) is 5.01. The minimum absolute atomic E-state index is 0.275. The summed E-state index contributed by atoms with van der Waals surface area (Å²) in [7, 11) is 1.90. The third kappa shape index (κ3) is 4.29. The van der Waals surface area contributed by atoms with Crippen molar-refractivity contribution in [1.29, 1.82) is 0 Å². The van der Waals surface area contributed by atoms with Gasteiger partial charge in [-0.05, 0) is 53.9 Å². The minimum Gasteiger partial charge on any atom is -0.334 e. The molecule has 1 atom stereocenters. The Morgan fingerprint density at radius 2 is 1.78 bits per heavy atom. The molecule has 0 saturated carbocycles. The van der Waals surface area contributed by atoms with Crippen LogP contribution in [0.15, 0.2) is 72.9 Å². The van der Waals surface area contributed by atoms with E-state index in [9.17, 15) is 4.79 Å². The summed E-state index contributed by atoms with van der Waals surface area (Å²) in [4.78, 5) is 26.8. The Kier molecular flexibility index (Phi) is 6.20. The van der Waals surface area contributed by atoms with E-state index in [0.29, 0.717) is 33.1 Å². The van der Waals surface area contributed by atoms with Gasteiger partial charge in [0.15, 0.2) is 0 Å². The SMILES string of the molecule is CN1c2nc(Nc3ccc4c(c3)CNCC4)ncc2C(=O)N(c2c(Cl)cccc2Cl)C1c1ccccc1. The number of rotatable bonds is 4. The van der Waals surface area contributed by atoms with Gasteiger partial charge in [0.25, 0.3) is 5.91 Å². The lowest BCUT2D eigenvalue weighted by molar-refractivity contribution is 0.0968. The fourth-order valence-corrected chi connectivity index (χ4v) is 5.59. The molecule has 0 spiro atoms. The molecule has 2 aliphatic rings. The van der Waals surface area contributed by atoms with Crippen molar-refractivity contribution in [2.45, 2.75) is 19.1 Å². The molecule has 1 aromatic heterocycles. The number of para-hydroxylation sites is 1. The Morgan fingerprint density at radius 3 is 2.57 bits per heavy atom. The number of amides is 1. The molecule has 0 bridgehead atoms.